The number of benzene rings is 2. The van der Waals surface area contributed by atoms with Gasteiger partial charge in [-0.1, -0.05) is 59.2 Å². The van der Waals surface area contributed by atoms with Gasteiger partial charge in [-0.2, -0.15) is 0 Å². The van der Waals surface area contributed by atoms with E-state index >= 15 is 0 Å². The van der Waals surface area contributed by atoms with Gasteiger partial charge in [-0.25, -0.2) is 0 Å². The smallest absolute Gasteiger partial charge is 0.147 e. The summed E-state index contributed by atoms with van der Waals surface area (Å²) in [5.41, 5.74) is 7.23. The molecule has 0 aliphatic carbocycles. The minimum absolute atomic E-state index is 0.250. The second-order valence-electron chi connectivity index (χ2n) is 4.11. The first kappa shape index (κ1) is 15.4. The van der Waals surface area contributed by atoms with Crippen molar-refractivity contribution in [3.8, 4) is 11.5 Å². The summed E-state index contributed by atoms with van der Waals surface area (Å²) in [6.45, 7) is 1.89. The van der Waals surface area contributed by atoms with Crippen LogP contribution < -0.4 is 10.5 Å². The normalized spacial score (nSPS) is 10.4. The van der Waals surface area contributed by atoms with Crippen LogP contribution in [0.5, 0.6) is 11.5 Å². The van der Waals surface area contributed by atoms with E-state index in [4.69, 9.17) is 57.5 Å². The molecule has 2 nitrogen and oxygen atoms in total. The lowest BCUT2D eigenvalue weighted by Crippen LogP contribution is -2.11. The zero-order valence-corrected chi connectivity index (χ0v) is 13.5. The summed E-state index contributed by atoms with van der Waals surface area (Å²) in [5, 5.41) is 1.08. The monoisotopic (exact) mass is 345 g/mol. The van der Waals surface area contributed by atoms with Gasteiger partial charge in [0.1, 0.15) is 16.5 Å². The Morgan fingerprint density at radius 3 is 2.40 bits per heavy atom. The summed E-state index contributed by atoms with van der Waals surface area (Å²) in [7, 11) is 0. The molecular weight excluding hydrogens is 337 g/mol. The van der Waals surface area contributed by atoms with Crippen LogP contribution in [0, 0.1) is 6.92 Å². The van der Waals surface area contributed by atoms with Crippen LogP contribution in [0.4, 0.5) is 0 Å². The fourth-order valence-corrected chi connectivity index (χ4v) is 2.41. The Morgan fingerprint density at radius 1 is 1.10 bits per heavy atom. The molecular formula is C14H10Cl3NOS. The van der Waals surface area contributed by atoms with Gasteiger partial charge in [0.2, 0.25) is 0 Å². The van der Waals surface area contributed by atoms with Crippen molar-refractivity contribution in [2.45, 2.75) is 6.92 Å². The number of hydrogen-bond donors (Lipinski definition) is 1. The molecule has 6 heteroatoms. The lowest BCUT2D eigenvalue weighted by Gasteiger charge is -2.14. The Kier molecular flexibility index (Phi) is 4.76. The molecule has 0 heterocycles. The van der Waals surface area contributed by atoms with E-state index in [2.05, 4.69) is 0 Å². The van der Waals surface area contributed by atoms with E-state index in [0.717, 1.165) is 5.56 Å². The third-order valence-corrected chi connectivity index (χ3v) is 3.90. The summed E-state index contributed by atoms with van der Waals surface area (Å²) in [6.07, 6.45) is 0. The van der Waals surface area contributed by atoms with E-state index in [1.807, 2.05) is 19.1 Å². The summed E-state index contributed by atoms with van der Waals surface area (Å²) in [5.74, 6) is 0.952. The predicted molar refractivity (Wildman–Crippen MR) is 88.6 cm³/mol. The van der Waals surface area contributed by atoms with E-state index in [9.17, 15) is 0 Å². The van der Waals surface area contributed by atoms with Crippen LogP contribution in [0.2, 0.25) is 15.1 Å². The Labute approximate surface area is 137 Å². The molecule has 0 fully saturated rings. The van der Waals surface area contributed by atoms with Crippen molar-refractivity contribution < 1.29 is 4.74 Å². The summed E-state index contributed by atoms with van der Waals surface area (Å²) >= 11 is 23.0. The van der Waals surface area contributed by atoms with Crippen molar-refractivity contribution >= 4 is 52.0 Å². The van der Waals surface area contributed by atoms with E-state index in [0.29, 0.717) is 32.1 Å². The van der Waals surface area contributed by atoms with Crippen molar-refractivity contribution in [3.63, 3.8) is 0 Å². The summed E-state index contributed by atoms with van der Waals surface area (Å²) < 4.78 is 5.83. The van der Waals surface area contributed by atoms with Gasteiger partial charge in [0, 0.05) is 6.07 Å². The van der Waals surface area contributed by atoms with Gasteiger partial charge in [-0.15, -0.1) is 0 Å². The summed E-state index contributed by atoms with van der Waals surface area (Å²) in [4.78, 5) is 0.250. The van der Waals surface area contributed by atoms with Gasteiger partial charge < -0.3 is 10.5 Å². The number of aryl methyl sites for hydroxylation is 1. The molecule has 0 aliphatic heterocycles. The predicted octanol–water partition coefficient (Wildman–Crippen LogP) is 5.38. The molecule has 0 radical (unpaired) electrons. The second-order valence-corrected chi connectivity index (χ2v) is 5.78. The lowest BCUT2D eigenvalue weighted by atomic mass is 10.1. The molecule has 0 aliphatic rings. The Balaban J connectivity index is 2.50. The van der Waals surface area contributed by atoms with Crippen LogP contribution >= 0.6 is 47.0 Å². The standard InChI is InChI=1S/C14H10Cl3NOS/c1-7-3-2-4-8(14(18)20)13(7)19-12-6-10(16)9(15)5-11(12)17/h2-6H,1H3,(H2,18,20). The van der Waals surface area contributed by atoms with Crippen LogP contribution in [-0.2, 0) is 0 Å². The van der Waals surface area contributed by atoms with Crippen molar-refractivity contribution in [1.82, 2.24) is 0 Å². The average Bonchev–Trinajstić information content (AvgIpc) is 2.37. The molecule has 20 heavy (non-hydrogen) atoms. The maximum absolute atomic E-state index is 6.10. The number of thiocarbonyl (C=S) groups is 1. The van der Waals surface area contributed by atoms with Gasteiger partial charge in [-0.05, 0) is 24.6 Å². The molecule has 0 bridgehead atoms. The Morgan fingerprint density at radius 2 is 1.75 bits per heavy atom. The molecule has 0 unspecified atom stereocenters. The molecule has 2 aromatic carbocycles. The molecule has 2 rings (SSSR count). The van der Waals surface area contributed by atoms with Gasteiger partial charge in [0.25, 0.3) is 0 Å². The van der Waals surface area contributed by atoms with Crippen molar-refractivity contribution in [1.29, 1.82) is 0 Å². The number of halogens is 3. The Bertz CT molecular complexity index is 688. The van der Waals surface area contributed by atoms with Crippen LogP contribution in [0.1, 0.15) is 11.1 Å². The number of ether oxygens (including phenoxy) is 1. The maximum atomic E-state index is 6.10. The topological polar surface area (TPSA) is 35.2 Å². The minimum atomic E-state index is 0.250. The third kappa shape index (κ3) is 3.18. The molecule has 0 amide bonds. The molecule has 0 atom stereocenters. The molecule has 0 spiro atoms. The van der Waals surface area contributed by atoms with E-state index < -0.39 is 0 Å². The first-order valence-corrected chi connectivity index (χ1v) is 7.16. The summed E-state index contributed by atoms with van der Waals surface area (Å²) in [6, 6.07) is 8.62. The molecule has 2 N–H and O–H groups in total. The number of rotatable bonds is 3. The molecule has 0 aromatic heterocycles. The van der Waals surface area contributed by atoms with Crippen molar-refractivity contribution in [2.75, 3.05) is 0 Å². The van der Waals surface area contributed by atoms with Crippen molar-refractivity contribution in [3.05, 3.63) is 56.5 Å². The van der Waals surface area contributed by atoms with Gasteiger partial charge in [0.05, 0.1) is 20.6 Å². The molecule has 0 saturated heterocycles. The number of hydrogen-bond acceptors (Lipinski definition) is 2. The highest BCUT2D eigenvalue weighted by Gasteiger charge is 2.14. The van der Waals surface area contributed by atoms with Crippen molar-refractivity contribution in [2.24, 2.45) is 5.73 Å². The van der Waals surface area contributed by atoms with Crippen LogP contribution in [-0.4, -0.2) is 4.99 Å². The first-order valence-electron chi connectivity index (χ1n) is 5.62. The SMILES string of the molecule is Cc1cccc(C(N)=S)c1Oc1cc(Cl)c(Cl)cc1Cl. The lowest BCUT2D eigenvalue weighted by molar-refractivity contribution is 0.478. The van der Waals surface area contributed by atoms with E-state index in [1.54, 1.807) is 12.1 Å². The highest BCUT2D eigenvalue weighted by molar-refractivity contribution is 7.80. The molecule has 104 valence electrons. The fraction of sp³-hybridized carbons (Fsp3) is 0.0714. The highest BCUT2D eigenvalue weighted by Crippen LogP contribution is 2.38. The van der Waals surface area contributed by atoms with Crippen LogP contribution in [0.3, 0.4) is 0 Å². The fourth-order valence-electron chi connectivity index (χ4n) is 1.67. The van der Waals surface area contributed by atoms with Crippen LogP contribution in [0.15, 0.2) is 30.3 Å². The van der Waals surface area contributed by atoms with Gasteiger partial charge in [-0.3, -0.25) is 0 Å². The van der Waals surface area contributed by atoms with Gasteiger partial charge in [0.15, 0.2) is 0 Å². The van der Waals surface area contributed by atoms with E-state index in [1.165, 1.54) is 6.07 Å². The average molecular weight is 347 g/mol. The van der Waals surface area contributed by atoms with Crippen LogP contribution in [0.25, 0.3) is 0 Å². The highest BCUT2D eigenvalue weighted by atomic mass is 35.5. The quantitative estimate of drug-likeness (QED) is 0.598. The molecule has 2 aromatic rings. The zero-order valence-electron chi connectivity index (χ0n) is 10.4. The molecule has 0 saturated carbocycles. The maximum Gasteiger partial charge on any atom is 0.147 e. The second kappa shape index (κ2) is 6.19. The number of nitrogens with two attached hydrogens (primary N) is 1. The minimum Gasteiger partial charge on any atom is -0.455 e. The zero-order chi connectivity index (χ0) is 14.9. The largest absolute Gasteiger partial charge is 0.455 e. The number of para-hydroxylation sites is 1. The van der Waals surface area contributed by atoms with E-state index in [-0.39, 0.29) is 4.99 Å². The first-order chi connectivity index (χ1) is 9.40. The van der Waals surface area contributed by atoms with Gasteiger partial charge >= 0.3 is 0 Å². The Hall–Kier alpha value is -1.000. The third-order valence-electron chi connectivity index (χ3n) is 2.66.